The molecule has 8 heteroatoms. The zero-order valence-corrected chi connectivity index (χ0v) is 20.9. The van der Waals surface area contributed by atoms with E-state index in [1.165, 1.54) is 0 Å². The topological polar surface area (TPSA) is 66.0 Å². The summed E-state index contributed by atoms with van der Waals surface area (Å²) < 4.78 is 6.61. The third-order valence-electron chi connectivity index (χ3n) is 3.94. The SMILES string of the molecule is COC(CNC(=NCc1ccc(Br)cc1)NCC(=O)N(C)C)C(C)(C)C.I. The highest BCUT2D eigenvalue weighted by atomic mass is 127. The maximum absolute atomic E-state index is 11.9. The monoisotopic (exact) mass is 554 g/mol. The minimum Gasteiger partial charge on any atom is -0.379 e. The van der Waals surface area contributed by atoms with Crippen molar-refractivity contribution in [1.29, 1.82) is 0 Å². The molecular formula is C19H32BrIN4O2. The summed E-state index contributed by atoms with van der Waals surface area (Å²) in [6.07, 6.45) is 0.0201. The van der Waals surface area contributed by atoms with E-state index in [1.807, 2.05) is 24.3 Å². The molecule has 0 aliphatic heterocycles. The van der Waals surface area contributed by atoms with Gasteiger partial charge in [0.15, 0.2) is 5.96 Å². The number of amides is 1. The van der Waals surface area contributed by atoms with Crippen LogP contribution in [0.3, 0.4) is 0 Å². The van der Waals surface area contributed by atoms with Gasteiger partial charge in [0.1, 0.15) is 0 Å². The number of ether oxygens (including phenoxy) is 1. The fourth-order valence-corrected chi connectivity index (χ4v) is 2.45. The highest BCUT2D eigenvalue weighted by molar-refractivity contribution is 14.0. The standard InChI is InChI=1S/C19H31BrN4O2.HI/c1-19(2,3)16(26-6)12-22-18(23-13-17(25)24(4)5)21-11-14-7-9-15(20)10-8-14;/h7-10,16H,11-13H2,1-6H3,(H2,21,22,23);1H. The van der Waals surface area contributed by atoms with E-state index in [0.717, 1.165) is 10.0 Å². The molecule has 0 saturated carbocycles. The Bertz CT molecular complexity index is 601. The van der Waals surface area contributed by atoms with Crippen molar-refractivity contribution in [1.82, 2.24) is 15.5 Å². The van der Waals surface area contributed by atoms with Crippen LogP contribution in [0.5, 0.6) is 0 Å². The number of carbonyl (C=O) groups is 1. The summed E-state index contributed by atoms with van der Waals surface area (Å²) in [6.45, 7) is 7.69. The highest BCUT2D eigenvalue weighted by Gasteiger charge is 2.24. The lowest BCUT2D eigenvalue weighted by atomic mass is 9.89. The number of likely N-dealkylation sites (N-methyl/N-ethyl adjacent to an activating group) is 1. The Morgan fingerprint density at radius 1 is 1.22 bits per heavy atom. The first-order valence-corrected chi connectivity index (χ1v) is 9.42. The fourth-order valence-electron chi connectivity index (χ4n) is 2.18. The van der Waals surface area contributed by atoms with Gasteiger partial charge >= 0.3 is 0 Å². The molecule has 27 heavy (non-hydrogen) atoms. The van der Waals surface area contributed by atoms with E-state index in [9.17, 15) is 4.79 Å². The van der Waals surface area contributed by atoms with Gasteiger partial charge in [-0.1, -0.05) is 48.8 Å². The van der Waals surface area contributed by atoms with Gasteiger partial charge in [0.25, 0.3) is 0 Å². The van der Waals surface area contributed by atoms with Crippen molar-refractivity contribution in [2.24, 2.45) is 10.4 Å². The van der Waals surface area contributed by atoms with Crippen LogP contribution in [0.1, 0.15) is 26.3 Å². The van der Waals surface area contributed by atoms with Crippen molar-refractivity contribution in [2.75, 3.05) is 34.3 Å². The molecule has 0 aromatic heterocycles. The highest BCUT2D eigenvalue weighted by Crippen LogP contribution is 2.20. The van der Waals surface area contributed by atoms with E-state index in [1.54, 1.807) is 26.1 Å². The Labute approximate surface area is 188 Å². The maximum atomic E-state index is 11.9. The number of nitrogens with one attached hydrogen (secondary N) is 2. The number of nitrogens with zero attached hydrogens (tertiary/aromatic N) is 2. The van der Waals surface area contributed by atoms with Gasteiger partial charge in [-0.05, 0) is 23.1 Å². The number of benzene rings is 1. The molecule has 0 aliphatic rings. The summed E-state index contributed by atoms with van der Waals surface area (Å²) in [7, 11) is 5.17. The summed E-state index contributed by atoms with van der Waals surface area (Å²) in [4.78, 5) is 18.0. The summed E-state index contributed by atoms with van der Waals surface area (Å²) >= 11 is 3.43. The zero-order valence-electron chi connectivity index (χ0n) is 17.0. The largest absolute Gasteiger partial charge is 0.379 e. The summed E-state index contributed by atoms with van der Waals surface area (Å²) in [5, 5.41) is 6.38. The molecule has 0 fully saturated rings. The van der Waals surface area contributed by atoms with Crippen LogP contribution in [0.2, 0.25) is 0 Å². The molecule has 6 nitrogen and oxygen atoms in total. The van der Waals surface area contributed by atoms with Crippen molar-refractivity contribution < 1.29 is 9.53 Å². The first kappa shape index (κ1) is 26.1. The van der Waals surface area contributed by atoms with Crippen LogP contribution < -0.4 is 10.6 Å². The molecule has 0 heterocycles. The van der Waals surface area contributed by atoms with Crippen LogP contribution in [0, 0.1) is 5.41 Å². The Balaban J connectivity index is 0.00000676. The second kappa shape index (κ2) is 12.6. The lowest BCUT2D eigenvalue weighted by Gasteiger charge is -2.30. The lowest BCUT2D eigenvalue weighted by Crippen LogP contribution is -2.47. The number of hydrogen-bond donors (Lipinski definition) is 2. The zero-order chi connectivity index (χ0) is 19.7. The van der Waals surface area contributed by atoms with Crippen LogP contribution in [-0.2, 0) is 16.1 Å². The Morgan fingerprint density at radius 2 is 1.81 bits per heavy atom. The molecule has 1 aromatic rings. The summed E-state index contributed by atoms with van der Waals surface area (Å²) in [5.74, 6) is 0.580. The number of guanidine groups is 1. The van der Waals surface area contributed by atoms with Crippen LogP contribution in [0.25, 0.3) is 0 Å². The normalized spacial score (nSPS) is 12.8. The van der Waals surface area contributed by atoms with Gasteiger partial charge in [-0.25, -0.2) is 4.99 Å². The number of methoxy groups -OCH3 is 1. The average Bonchev–Trinajstić information content (AvgIpc) is 2.56. The van der Waals surface area contributed by atoms with Crippen molar-refractivity contribution in [3.63, 3.8) is 0 Å². The van der Waals surface area contributed by atoms with Crippen molar-refractivity contribution in [3.05, 3.63) is 34.3 Å². The van der Waals surface area contributed by atoms with Crippen molar-refractivity contribution in [2.45, 2.75) is 33.4 Å². The van der Waals surface area contributed by atoms with Gasteiger partial charge in [0, 0.05) is 32.2 Å². The molecule has 1 aromatic carbocycles. The van der Waals surface area contributed by atoms with Gasteiger partial charge in [0.2, 0.25) is 5.91 Å². The Kier molecular flexibility index (Phi) is 12.2. The lowest BCUT2D eigenvalue weighted by molar-refractivity contribution is -0.127. The first-order valence-electron chi connectivity index (χ1n) is 8.63. The number of carbonyl (C=O) groups excluding carboxylic acids is 1. The first-order chi connectivity index (χ1) is 12.1. The second-order valence-electron chi connectivity index (χ2n) is 7.40. The van der Waals surface area contributed by atoms with Crippen molar-refractivity contribution >= 4 is 51.8 Å². The minimum absolute atomic E-state index is 0. The molecule has 0 radical (unpaired) electrons. The Hall–Kier alpha value is -0.870. The number of rotatable bonds is 7. The van der Waals surface area contributed by atoms with E-state index < -0.39 is 0 Å². The predicted molar refractivity (Wildman–Crippen MR) is 126 cm³/mol. The molecule has 0 spiro atoms. The molecule has 1 rings (SSSR count). The number of hydrogen-bond acceptors (Lipinski definition) is 3. The molecule has 1 amide bonds. The number of aliphatic imine (C=N–C) groups is 1. The van der Waals surface area contributed by atoms with E-state index in [4.69, 9.17) is 4.74 Å². The van der Waals surface area contributed by atoms with Gasteiger partial charge in [0.05, 0.1) is 19.2 Å². The van der Waals surface area contributed by atoms with Gasteiger partial charge < -0.3 is 20.3 Å². The van der Waals surface area contributed by atoms with Gasteiger partial charge in [-0.15, -0.1) is 24.0 Å². The molecule has 1 atom stereocenters. The third kappa shape index (κ3) is 10.3. The fraction of sp³-hybridized carbons (Fsp3) is 0.579. The second-order valence-corrected chi connectivity index (χ2v) is 8.32. The predicted octanol–water partition coefficient (Wildman–Crippen LogP) is 3.25. The smallest absolute Gasteiger partial charge is 0.241 e. The average molecular weight is 555 g/mol. The molecule has 0 saturated heterocycles. The van der Waals surface area contributed by atoms with Crippen LogP contribution in [0.4, 0.5) is 0 Å². The van der Waals surface area contributed by atoms with Crippen LogP contribution in [0.15, 0.2) is 33.7 Å². The maximum Gasteiger partial charge on any atom is 0.241 e. The Morgan fingerprint density at radius 3 is 2.30 bits per heavy atom. The van der Waals surface area contributed by atoms with Crippen molar-refractivity contribution in [3.8, 4) is 0 Å². The molecular weight excluding hydrogens is 523 g/mol. The molecule has 0 aliphatic carbocycles. The van der Waals surface area contributed by atoms with Crippen LogP contribution >= 0.6 is 39.9 Å². The van der Waals surface area contributed by atoms with Gasteiger partial charge in [-0.2, -0.15) is 0 Å². The quantitative estimate of drug-likeness (QED) is 0.308. The van der Waals surface area contributed by atoms with Gasteiger partial charge in [-0.3, -0.25) is 4.79 Å². The van der Waals surface area contributed by atoms with Crippen LogP contribution in [-0.4, -0.2) is 57.2 Å². The molecule has 0 bridgehead atoms. The molecule has 154 valence electrons. The van der Waals surface area contributed by atoms with E-state index in [2.05, 4.69) is 52.3 Å². The minimum atomic E-state index is -0.0118. The third-order valence-corrected chi connectivity index (χ3v) is 4.47. The summed E-state index contributed by atoms with van der Waals surface area (Å²) in [5.41, 5.74) is 1.09. The molecule has 2 N–H and O–H groups in total. The van der Waals surface area contributed by atoms with E-state index in [0.29, 0.717) is 19.0 Å². The molecule has 1 unspecified atom stereocenters. The summed E-state index contributed by atoms with van der Waals surface area (Å²) in [6, 6.07) is 8.01. The number of halogens is 2. The van der Waals surface area contributed by atoms with E-state index >= 15 is 0 Å². The van der Waals surface area contributed by atoms with E-state index in [-0.39, 0.29) is 47.9 Å².